The third-order valence-electron chi connectivity index (χ3n) is 4.16. The Bertz CT molecular complexity index is 930. The molecule has 0 aliphatic carbocycles. The highest BCUT2D eigenvalue weighted by Gasteiger charge is 2.43. The number of urea groups is 1. The van der Waals surface area contributed by atoms with Gasteiger partial charge in [0.1, 0.15) is 5.75 Å². The largest absolute Gasteiger partial charge is 0.497 e. The van der Waals surface area contributed by atoms with Gasteiger partial charge in [0.25, 0.3) is 5.91 Å². The van der Waals surface area contributed by atoms with Gasteiger partial charge in [-0.05, 0) is 36.4 Å². The minimum absolute atomic E-state index is 0.152. The van der Waals surface area contributed by atoms with Crippen LogP contribution in [0.15, 0.2) is 59.6 Å². The molecule has 0 bridgehead atoms. The number of amides is 3. The molecular formula is C19H17Cl3N4O3. The summed E-state index contributed by atoms with van der Waals surface area (Å²) in [7, 11) is 2.92. The molecule has 1 aliphatic heterocycles. The topological polar surface area (TPSA) is 74.2 Å². The number of anilines is 2. The zero-order chi connectivity index (χ0) is 21.2. The number of nitrogens with zero attached hydrogens (tertiary/aromatic N) is 3. The number of carbonyl (C=O) groups excluding carboxylic acids is 2. The first-order valence-electron chi connectivity index (χ1n) is 8.44. The number of hydrogen-bond donors (Lipinski definition) is 1. The molecule has 1 saturated heterocycles. The second-order valence-electron chi connectivity index (χ2n) is 6.09. The van der Waals surface area contributed by atoms with E-state index in [1.165, 1.54) is 11.9 Å². The van der Waals surface area contributed by atoms with Crippen LogP contribution in [0.3, 0.4) is 0 Å². The van der Waals surface area contributed by atoms with E-state index >= 15 is 0 Å². The Kier molecular flexibility index (Phi) is 6.21. The number of methoxy groups -OCH3 is 1. The fourth-order valence-corrected chi connectivity index (χ4v) is 2.96. The van der Waals surface area contributed by atoms with Gasteiger partial charge in [-0.25, -0.2) is 14.7 Å². The number of benzene rings is 2. The summed E-state index contributed by atoms with van der Waals surface area (Å²) in [5.41, 5.74) is 1.06. The molecule has 1 N–H and O–H groups in total. The average Bonchev–Trinajstić information content (AvgIpc) is 2.91. The van der Waals surface area contributed by atoms with Crippen LogP contribution in [0.25, 0.3) is 0 Å². The van der Waals surface area contributed by atoms with Crippen LogP contribution in [-0.4, -0.2) is 46.8 Å². The van der Waals surface area contributed by atoms with E-state index in [-0.39, 0.29) is 5.84 Å². The maximum absolute atomic E-state index is 12.7. The van der Waals surface area contributed by atoms with Crippen molar-refractivity contribution in [2.24, 2.45) is 4.99 Å². The van der Waals surface area contributed by atoms with Gasteiger partial charge in [-0.1, -0.05) is 53.0 Å². The van der Waals surface area contributed by atoms with E-state index in [1.54, 1.807) is 61.7 Å². The van der Waals surface area contributed by atoms with E-state index in [0.29, 0.717) is 17.1 Å². The molecule has 0 saturated carbocycles. The molecule has 152 valence electrons. The van der Waals surface area contributed by atoms with Crippen LogP contribution >= 0.6 is 34.8 Å². The first kappa shape index (κ1) is 21.2. The second kappa shape index (κ2) is 8.49. The number of ether oxygens (including phenoxy) is 1. The molecule has 1 aliphatic rings. The fourth-order valence-electron chi connectivity index (χ4n) is 2.65. The van der Waals surface area contributed by atoms with E-state index in [1.807, 2.05) is 0 Å². The summed E-state index contributed by atoms with van der Waals surface area (Å²) in [4.78, 5) is 31.7. The second-order valence-corrected chi connectivity index (χ2v) is 8.46. The summed E-state index contributed by atoms with van der Waals surface area (Å²) in [6.45, 7) is 0. The lowest BCUT2D eigenvalue weighted by atomic mass is 10.3. The van der Waals surface area contributed by atoms with Crippen molar-refractivity contribution in [3.63, 3.8) is 0 Å². The highest BCUT2D eigenvalue weighted by atomic mass is 35.6. The average molecular weight is 456 g/mol. The molecule has 1 heterocycles. The number of para-hydroxylation sites is 1. The number of amidine groups is 1. The molecular weight excluding hydrogens is 439 g/mol. The Morgan fingerprint density at radius 3 is 2.21 bits per heavy atom. The molecule has 2 aromatic rings. The smallest absolute Gasteiger partial charge is 0.337 e. The molecule has 29 heavy (non-hydrogen) atoms. The van der Waals surface area contributed by atoms with Crippen molar-refractivity contribution in [3.05, 3.63) is 54.6 Å². The van der Waals surface area contributed by atoms with Crippen molar-refractivity contribution in [1.82, 2.24) is 4.90 Å². The zero-order valence-corrected chi connectivity index (χ0v) is 17.7. The van der Waals surface area contributed by atoms with Gasteiger partial charge in [-0.15, -0.1) is 0 Å². The highest BCUT2D eigenvalue weighted by Crippen LogP contribution is 2.34. The van der Waals surface area contributed by atoms with Crippen molar-refractivity contribution >= 4 is 64.0 Å². The number of hydrogen-bond acceptors (Lipinski definition) is 5. The Hall–Kier alpha value is -2.48. The predicted molar refractivity (Wildman–Crippen MR) is 115 cm³/mol. The van der Waals surface area contributed by atoms with Crippen molar-refractivity contribution in [3.8, 4) is 5.75 Å². The van der Waals surface area contributed by atoms with Gasteiger partial charge in [0.15, 0.2) is 6.17 Å². The van der Waals surface area contributed by atoms with Crippen molar-refractivity contribution in [1.29, 1.82) is 0 Å². The number of carbonyl (C=O) groups is 2. The SMILES string of the molecule is COc1ccc(NC(N=C2C(=O)N(C)C(=O)N2c2ccccc2)C(Cl)(Cl)Cl)cc1. The third kappa shape index (κ3) is 4.58. The van der Waals surface area contributed by atoms with E-state index in [9.17, 15) is 9.59 Å². The van der Waals surface area contributed by atoms with Gasteiger partial charge in [-0.3, -0.25) is 9.69 Å². The number of halogens is 3. The molecule has 2 aromatic carbocycles. The molecule has 1 fully saturated rings. The van der Waals surface area contributed by atoms with Crippen LogP contribution in [0.2, 0.25) is 0 Å². The molecule has 1 atom stereocenters. The first-order chi connectivity index (χ1) is 13.7. The monoisotopic (exact) mass is 454 g/mol. The van der Waals surface area contributed by atoms with Crippen LogP contribution < -0.4 is 15.0 Å². The first-order valence-corrected chi connectivity index (χ1v) is 9.58. The van der Waals surface area contributed by atoms with Crippen LogP contribution in [0.4, 0.5) is 16.2 Å². The minimum atomic E-state index is -1.90. The number of nitrogens with one attached hydrogen (secondary N) is 1. The summed E-state index contributed by atoms with van der Waals surface area (Å²) >= 11 is 18.3. The van der Waals surface area contributed by atoms with E-state index in [4.69, 9.17) is 39.5 Å². The van der Waals surface area contributed by atoms with Gasteiger partial charge >= 0.3 is 6.03 Å². The number of likely N-dealkylation sites (N-methyl/N-ethyl adjacent to an activating group) is 1. The van der Waals surface area contributed by atoms with Crippen molar-refractivity contribution in [2.45, 2.75) is 9.96 Å². The van der Waals surface area contributed by atoms with Crippen molar-refractivity contribution in [2.75, 3.05) is 24.4 Å². The normalized spacial score (nSPS) is 17.1. The Labute approximate surface area is 182 Å². The quantitative estimate of drug-likeness (QED) is 0.539. The lowest BCUT2D eigenvalue weighted by molar-refractivity contribution is -0.119. The molecule has 3 rings (SSSR count). The van der Waals surface area contributed by atoms with Gasteiger partial charge in [0, 0.05) is 12.7 Å². The molecule has 10 heteroatoms. The number of imide groups is 1. The van der Waals surface area contributed by atoms with E-state index in [0.717, 1.165) is 4.90 Å². The molecule has 0 spiro atoms. The lowest BCUT2D eigenvalue weighted by Gasteiger charge is -2.24. The highest BCUT2D eigenvalue weighted by molar-refractivity contribution is 6.68. The minimum Gasteiger partial charge on any atom is -0.497 e. The van der Waals surface area contributed by atoms with Crippen LogP contribution in [0, 0.1) is 0 Å². The Morgan fingerprint density at radius 1 is 1.03 bits per heavy atom. The number of rotatable bonds is 5. The summed E-state index contributed by atoms with van der Waals surface area (Å²) < 4.78 is 3.22. The predicted octanol–water partition coefficient (Wildman–Crippen LogP) is 4.30. The van der Waals surface area contributed by atoms with Gasteiger partial charge < -0.3 is 10.1 Å². The van der Waals surface area contributed by atoms with Gasteiger partial charge in [0.05, 0.1) is 12.8 Å². The number of alkyl halides is 3. The maximum atomic E-state index is 12.7. The molecule has 0 radical (unpaired) electrons. The molecule has 0 aromatic heterocycles. The number of aliphatic imine (C=N–C) groups is 1. The lowest BCUT2D eigenvalue weighted by Crippen LogP contribution is -2.37. The maximum Gasteiger partial charge on any atom is 0.337 e. The molecule has 7 nitrogen and oxygen atoms in total. The Balaban J connectivity index is 2.00. The standard InChI is InChI=1S/C19H17Cl3N4O3/c1-25-16(27)15(26(18(25)28)13-6-4-3-5-7-13)24-17(19(20,21)22)23-12-8-10-14(29-2)11-9-12/h3-11,17,23H,1-2H3. The van der Waals surface area contributed by atoms with Crippen LogP contribution in [-0.2, 0) is 4.79 Å². The van der Waals surface area contributed by atoms with Crippen LogP contribution in [0.5, 0.6) is 5.75 Å². The summed E-state index contributed by atoms with van der Waals surface area (Å²) in [5.74, 6) is -0.101. The van der Waals surface area contributed by atoms with Gasteiger partial charge in [-0.2, -0.15) is 0 Å². The van der Waals surface area contributed by atoms with E-state index in [2.05, 4.69) is 10.3 Å². The Morgan fingerprint density at radius 2 is 1.66 bits per heavy atom. The molecule has 1 unspecified atom stereocenters. The van der Waals surface area contributed by atoms with E-state index < -0.39 is 21.9 Å². The third-order valence-corrected chi connectivity index (χ3v) is 4.78. The van der Waals surface area contributed by atoms with Crippen molar-refractivity contribution < 1.29 is 14.3 Å². The fraction of sp³-hybridized carbons (Fsp3) is 0.211. The summed E-state index contributed by atoms with van der Waals surface area (Å²) in [5, 5.41) is 2.97. The zero-order valence-electron chi connectivity index (χ0n) is 15.5. The molecule has 3 amide bonds. The summed E-state index contributed by atoms with van der Waals surface area (Å²) in [6.07, 6.45) is -1.15. The van der Waals surface area contributed by atoms with Gasteiger partial charge in [0.2, 0.25) is 9.63 Å². The summed E-state index contributed by atoms with van der Waals surface area (Å²) in [6, 6.07) is 15.0. The van der Waals surface area contributed by atoms with Crippen LogP contribution in [0.1, 0.15) is 0 Å².